The van der Waals surface area contributed by atoms with Gasteiger partial charge < -0.3 is 19.7 Å². The Morgan fingerprint density at radius 3 is 2.29 bits per heavy atom. The quantitative estimate of drug-likeness (QED) is 0.374. The molecule has 0 aromatic heterocycles. The van der Waals surface area contributed by atoms with Crippen LogP contribution in [0.2, 0.25) is 0 Å². The molecule has 1 atom stereocenters. The van der Waals surface area contributed by atoms with Crippen LogP contribution in [0.15, 0.2) is 46.9 Å². The fourth-order valence-corrected chi connectivity index (χ4v) is 4.67. The predicted molar refractivity (Wildman–Crippen MR) is 142 cm³/mol. The highest BCUT2D eigenvalue weighted by atomic mass is 79.9. The van der Waals surface area contributed by atoms with E-state index in [2.05, 4.69) is 21.2 Å². The molecule has 6 nitrogen and oxygen atoms in total. The first kappa shape index (κ1) is 27.1. The van der Waals surface area contributed by atoms with E-state index < -0.39 is 6.04 Å². The number of amides is 2. The van der Waals surface area contributed by atoms with E-state index in [4.69, 9.17) is 9.47 Å². The molecule has 2 aromatic carbocycles. The van der Waals surface area contributed by atoms with Crippen molar-refractivity contribution in [3.8, 4) is 11.5 Å². The Kier molecular flexibility index (Phi) is 10.5. The standard InChI is InChI=1S/C28H37BrN2O4/c1-4-34-25-16-12-21(18-26(25)35-5-2)13-17-27(32)31(19-22-10-14-23(29)15-11-22)20(3)28(33)30-24-8-6-7-9-24/h10-12,14-16,18,20,24H,4-9,13,17,19H2,1-3H3,(H,30,33)/t20-/m0/s1. The van der Waals surface area contributed by atoms with Crippen molar-refractivity contribution in [1.29, 1.82) is 0 Å². The fraction of sp³-hybridized carbons (Fsp3) is 0.500. The van der Waals surface area contributed by atoms with Gasteiger partial charge in [-0.1, -0.05) is 47.0 Å². The molecule has 2 amide bonds. The van der Waals surface area contributed by atoms with Crippen molar-refractivity contribution >= 4 is 27.7 Å². The lowest BCUT2D eigenvalue weighted by atomic mass is 10.1. The molecule has 3 rings (SSSR count). The predicted octanol–water partition coefficient (Wildman–Crippen LogP) is 5.66. The minimum Gasteiger partial charge on any atom is -0.490 e. The van der Waals surface area contributed by atoms with Gasteiger partial charge in [-0.15, -0.1) is 0 Å². The largest absolute Gasteiger partial charge is 0.490 e. The second kappa shape index (κ2) is 13.5. The van der Waals surface area contributed by atoms with Crippen LogP contribution in [0.1, 0.15) is 64.0 Å². The van der Waals surface area contributed by atoms with E-state index in [0.717, 1.165) is 41.3 Å². The molecule has 7 heteroatoms. The molecular formula is C28H37BrN2O4. The maximum Gasteiger partial charge on any atom is 0.242 e. The lowest BCUT2D eigenvalue weighted by molar-refractivity contribution is -0.140. The zero-order chi connectivity index (χ0) is 25.2. The summed E-state index contributed by atoms with van der Waals surface area (Å²) in [6.45, 7) is 7.18. The molecule has 190 valence electrons. The molecule has 1 N–H and O–H groups in total. The number of carbonyl (C=O) groups is 2. The van der Waals surface area contributed by atoms with Gasteiger partial charge >= 0.3 is 0 Å². The zero-order valence-electron chi connectivity index (χ0n) is 21.0. The van der Waals surface area contributed by atoms with E-state index in [9.17, 15) is 9.59 Å². The maximum absolute atomic E-state index is 13.4. The van der Waals surface area contributed by atoms with Gasteiger partial charge in [-0.3, -0.25) is 9.59 Å². The summed E-state index contributed by atoms with van der Waals surface area (Å²) >= 11 is 3.46. The summed E-state index contributed by atoms with van der Waals surface area (Å²) in [5.74, 6) is 1.27. The van der Waals surface area contributed by atoms with Crippen molar-refractivity contribution in [3.63, 3.8) is 0 Å². The minimum atomic E-state index is -0.550. The summed E-state index contributed by atoms with van der Waals surface area (Å²) in [5, 5.41) is 3.15. The lowest BCUT2D eigenvalue weighted by Gasteiger charge is -2.30. The Hall–Kier alpha value is -2.54. The van der Waals surface area contributed by atoms with Crippen LogP contribution in [0.5, 0.6) is 11.5 Å². The Balaban J connectivity index is 1.72. The van der Waals surface area contributed by atoms with Gasteiger partial charge in [0.15, 0.2) is 11.5 Å². The monoisotopic (exact) mass is 544 g/mol. The van der Waals surface area contributed by atoms with Crippen LogP contribution < -0.4 is 14.8 Å². The summed E-state index contributed by atoms with van der Waals surface area (Å²) in [7, 11) is 0. The van der Waals surface area contributed by atoms with Gasteiger partial charge in [-0.05, 0) is 75.4 Å². The van der Waals surface area contributed by atoms with Gasteiger partial charge in [0.25, 0.3) is 0 Å². The van der Waals surface area contributed by atoms with Gasteiger partial charge in [0, 0.05) is 23.5 Å². The smallest absolute Gasteiger partial charge is 0.242 e. The number of nitrogens with one attached hydrogen (secondary N) is 1. The second-order valence-electron chi connectivity index (χ2n) is 8.96. The average molecular weight is 546 g/mol. The third-order valence-electron chi connectivity index (χ3n) is 6.37. The first-order valence-corrected chi connectivity index (χ1v) is 13.4. The third kappa shape index (κ3) is 7.99. The first-order chi connectivity index (χ1) is 16.9. The lowest BCUT2D eigenvalue weighted by Crippen LogP contribution is -2.49. The molecule has 0 aliphatic heterocycles. The second-order valence-corrected chi connectivity index (χ2v) is 9.88. The Morgan fingerprint density at radius 2 is 1.63 bits per heavy atom. The molecule has 2 aromatic rings. The van der Waals surface area contributed by atoms with Gasteiger partial charge in [-0.2, -0.15) is 0 Å². The molecule has 1 fully saturated rings. The van der Waals surface area contributed by atoms with Gasteiger partial charge in [0.05, 0.1) is 13.2 Å². The van der Waals surface area contributed by atoms with Crippen molar-refractivity contribution < 1.29 is 19.1 Å². The zero-order valence-corrected chi connectivity index (χ0v) is 22.6. The molecule has 0 unspecified atom stereocenters. The van der Waals surface area contributed by atoms with Gasteiger partial charge in [0.2, 0.25) is 11.8 Å². The highest BCUT2D eigenvalue weighted by molar-refractivity contribution is 9.10. The van der Waals surface area contributed by atoms with Crippen LogP contribution in [-0.2, 0) is 22.6 Å². The number of rotatable bonds is 12. The van der Waals surface area contributed by atoms with Crippen molar-refractivity contribution in [2.75, 3.05) is 13.2 Å². The number of hydrogen-bond acceptors (Lipinski definition) is 4. The van der Waals surface area contributed by atoms with Crippen molar-refractivity contribution in [2.24, 2.45) is 0 Å². The Morgan fingerprint density at radius 1 is 1.00 bits per heavy atom. The maximum atomic E-state index is 13.4. The molecule has 0 saturated heterocycles. The van der Waals surface area contributed by atoms with Crippen LogP contribution in [-0.4, -0.2) is 42.0 Å². The fourth-order valence-electron chi connectivity index (χ4n) is 4.41. The van der Waals surface area contributed by atoms with Crippen molar-refractivity contribution in [3.05, 3.63) is 58.1 Å². The average Bonchev–Trinajstić information content (AvgIpc) is 3.36. The normalized spacial score (nSPS) is 14.4. The van der Waals surface area contributed by atoms with Crippen LogP contribution >= 0.6 is 15.9 Å². The number of hydrogen-bond donors (Lipinski definition) is 1. The molecule has 0 bridgehead atoms. The molecule has 1 aliphatic rings. The van der Waals surface area contributed by atoms with Crippen LogP contribution in [0.3, 0.4) is 0 Å². The van der Waals surface area contributed by atoms with E-state index in [1.54, 1.807) is 4.90 Å². The van der Waals surface area contributed by atoms with Crippen LogP contribution in [0.25, 0.3) is 0 Å². The number of benzene rings is 2. The summed E-state index contributed by atoms with van der Waals surface area (Å²) < 4.78 is 12.4. The van der Waals surface area contributed by atoms with Crippen LogP contribution in [0, 0.1) is 0 Å². The molecule has 1 aliphatic carbocycles. The van der Waals surface area contributed by atoms with Gasteiger partial charge in [0.1, 0.15) is 6.04 Å². The Bertz CT molecular complexity index is 973. The molecular weight excluding hydrogens is 508 g/mol. The number of nitrogens with zero attached hydrogens (tertiary/aromatic N) is 1. The highest BCUT2D eigenvalue weighted by Crippen LogP contribution is 2.29. The molecule has 35 heavy (non-hydrogen) atoms. The number of halogens is 1. The summed E-state index contributed by atoms with van der Waals surface area (Å²) in [4.78, 5) is 28.2. The Labute approximate surface area is 217 Å². The topological polar surface area (TPSA) is 67.9 Å². The third-order valence-corrected chi connectivity index (χ3v) is 6.90. The van der Waals surface area contributed by atoms with Crippen molar-refractivity contribution in [1.82, 2.24) is 10.2 Å². The van der Waals surface area contributed by atoms with E-state index in [0.29, 0.717) is 44.1 Å². The van der Waals surface area contributed by atoms with E-state index in [1.165, 1.54) is 0 Å². The number of carbonyl (C=O) groups excluding carboxylic acids is 2. The summed E-state index contributed by atoms with van der Waals surface area (Å²) in [5.41, 5.74) is 1.98. The van der Waals surface area contributed by atoms with Crippen LogP contribution in [0.4, 0.5) is 0 Å². The van der Waals surface area contributed by atoms with Crippen molar-refractivity contribution in [2.45, 2.75) is 77.9 Å². The van der Waals surface area contributed by atoms with E-state index >= 15 is 0 Å². The first-order valence-electron chi connectivity index (χ1n) is 12.6. The molecule has 0 heterocycles. The summed E-state index contributed by atoms with van der Waals surface area (Å²) in [6, 6.07) is 13.3. The highest BCUT2D eigenvalue weighted by Gasteiger charge is 2.28. The SMILES string of the molecule is CCOc1ccc(CCC(=O)N(Cc2ccc(Br)cc2)[C@@H](C)C(=O)NC2CCCC2)cc1OCC. The van der Waals surface area contributed by atoms with E-state index in [-0.39, 0.29) is 17.9 Å². The summed E-state index contributed by atoms with van der Waals surface area (Å²) in [6.07, 6.45) is 5.17. The molecule has 1 saturated carbocycles. The minimum absolute atomic E-state index is 0.0474. The number of ether oxygens (including phenoxy) is 2. The molecule has 0 spiro atoms. The number of aryl methyl sites for hydroxylation is 1. The van der Waals surface area contributed by atoms with E-state index in [1.807, 2.05) is 63.2 Å². The van der Waals surface area contributed by atoms with Gasteiger partial charge in [-0.25, -0.2) is 0 Å². The molecule has 0 radical (unpaired) electrons.